The van der Waals surface area contributed by atoms with Crippen LogP contribution in [0.5, 0.6) is 5.75 Å². The van der Waals surface area contributed by atoms with Crippen LogP contribution in [0.25, 0.3) is 0 Å². The number of aliphatic carboxylic acids is 1. The Bertz CT molecular complexity index is 427. The van der Waals surface area contributed by atoms with Crippen LogP contribution in [-0.2, 0) is 17.6 Å². The third-order valence-electron chi connectivity index (χ3n) is 3.16. The molecular weight excluding hydrogens is 230 g/mol. The minimum Gasteiger partial charge on any atom is -0.496 e. The van der Waals surface area contributed by atoms with Crippen molar-refractivity contribution in [3.05, 3.63) is 29.3 Å². The predicted octanol–water partition coefficient (Wildman–Crippen LogP) is 1.99. The van der Waals surface area contributed by atoms with E-state index < -0.39 is 11.5 Å². The van der Waals surface area contributed by atoms with Gasteiger partial charge in [-0.25, -0.2) is 0 Å². The monoisotopic (exact) mass is 251 g/mol. The first kappa shape index (κ1) is 14.5. The van der Waals surface area contributed by atoms with E-state index in [4.69, 9.17) is 15.6 Å². The van der Waals surface area contributed by atoms with Crippen LogP contribution in [0.3, 0.4) is 0 Å². The zero-order chi connectivity index (χ0) is 13.8. The molecule has 18 heavy (non-hydrogen) atoms. The number of carboxylic acids is 1. The van der Waals surface area contributed by atoms with E-state index >= 15 is 0 Å². The highest BCUT2D eigenvalue weighted by Crippen LogP contribution is 2.23. The summed E-state index contributed by atoms with van der Waals surface area (Å²) in [6.45, 7) is 3.61. The van der Waals surface area contributed by atoms with Crippen molar-refractivity contribution in [3.63, 3.8) is 0 Å². The van der Waals surface area contributed by atoms with Gasteiger partial charge in [-0.05, 0) is 43.4 Å². The number of aryl methyl sites for hydroxylation is 2. The van der Waals surface area contributed by atoms with Gasteiger partial charge in [0.2, 0.25) is 0 Å². The minimum atomic E-state index is -1.20. The smallest absolute Gasteiger partial charge is 0.323 e. The molecule has 1 rings (SSSR count). The molecule has 4 heteroatoms. The molecule has 0 spiro atoms. The molecule has 0 saturated carbocycles. The number of ether oxygens (including phenoxy) is 1. The standard InChI is InChI=1S/C14H21NO3/c1-4-10-5-6-12(18-3)11(9-10)7-8-14(2,15)13(16)17/h5-6,9H,4,7-8,15H2,1-3H3,(H,16,17). The van der Waals surface area contributed by atoms with Crippen LogP contribution in [0.4, 0.5) is 0 Å². The summed E-state index contributed by atoms with van der Waals surface area (Å²) < 4.78 is 5.28. The van der Waals surface area contributed by atoms with Crippen molar-refractivity contribution in [2.45, 2.75) is 38.6 Å². The molecule has 0 aromatic heterocycles. The summed E-state index contributed by atoms with van der Waals surface area (Å²) in [7, 11) is 1.61. The highest BCUT2D eigenvalue weighted by Gasteiger charge is 2.27. The average molecular weight is 251 g/mol. The number of nitrogens with two attached hydrogens (primary N) is 1. The second-order valence-electron chi connectivity index (χ2n) is 4.72. The maximum absolute atomic E-state index is 11.0. The summed E-state index contributed by atoms with van der Waals surface area (Å²) in [6.07, 6.45) is 1.91. The van der Waals surface area contributed by atoms with Gasteiger partial charge in [-0.2, -0.15) is 0 Å². The van der Waals surface area contributed by atoms with Crippen LogP contribution in [-0.4, -0.2) is 23.7 Å². The largest absolute Gasteiger partial charge is 0.496 e. The van der Waals surface area contributed by atoms with Gasteiger partial charge in [0.15, 0.2) is 0 Å². The van der Waals surface area contributed by atoms with Crippen LogP contribution < -0.4 is 10.5 Å². The zero-order valence-electron chi connectivity index (χ0n) is 11.2. The Morgan fingerprint density at radius 2 is 2.17 bits per heavy atom. The fourth-order valence-corrected chi connectivity index (χ4v) is 1.75. The van der Waals surface area contributed by atoms with Crippen LogP contribution in [0, 0.1) is 0 Å². The fourth-order valence-electron chi connectivity index (χ4n) is 1.75. The minimum absolute atomic E-state index is 0.381. The summed E-state index contributed by atoms with van der Waals surface area (Å²) in [5, 5.41) is 8.99. The Morgan fingerprint density at radius 3 is 2.67 bits per heavy atom. The van der Waals surface area contributed by atoms with Gasteiger partial charge in [-0.3, -0.25) is 4.79 Å². The van der Waals surface area contributed by atoms with Crippen molar-refractivity contribution in [2.75, 3.05) is 7.11 Å². The zero-order valence-corrected chi connectivity index (χ0v) is 11.2. The highest BCUT2D eigenvalue weighted by atomic mass is 16.5. The van der Waals surface area contributed by atoms with Crippen LogP contribution in [0.15, 0.2) is 18.2 Å². The molecule has 0 saturated heterocycles. The van der Waals surface area contributed by atoms with E-state index in [1.807, 2.05) is 12.1 Å². The molecule has 0 aliphatic heterocycles. The maximum Gasteiger partial charge on any atom is 0.323 e. The van der Waals surface area contributed by atoms with Crippen molar-refractivity contribution in [1.82, 2.24) is 0 Å². The summed E-state index contributed by atoms with van der Waals surface area (Å²) >= 11 is 0. The van der Waals surface area contributed by atoms with E-state index in [0.29, 0.717) is 12.8 Å². The van der Waals surface area contributed by atoms with Crippen molar-refractivity contribution in [1.29, 1.82) is 0 Å². The molecule has 0 aliphatic carbocycles. The lowest BCUT2D eigenvalue weighted by molar-refractivity contribution is -0.142. The van der Waals surface area contributed by atoms with Gasteiger partial charge in [0.05, 0.1) is 7.11 Å². The molecule has 1 aromatic carbocycles. The molecule has 0 bridgehead atoms. The number of methoxy groups -OCH3 is 1. The Morgan fingerprint density at radius 1 is 1.50 bits per heavy atom. The van der Waals surface area contributed by atoms with Crippen LogP contribution >= 0.6 is 0 Å². The van der Waals surface area contributed by atoms with Crippen molar-refractivity contribution >= 4 is 5.97 Å². The Kier molecular flexibility index (Phi) is 4.73. The second kappa shape index (κ2) is 5.87. The fraction of sp³-hybridized carbons (Fsp3) is 0.500. The van der Waals surface area contributed by atoms with E-state index in [2.05, 4.69) is 13.0 Å². The van der Waals surface area contributed by atoms with E-state index in [1.54, 1.807) is 7.11 Å². The average Bonchev–Trinajstić information content (AvgIpc) is 2.35. The quantitative estimate of drug-likeness (QED) is 0.811. The van der Waals surface area contributed by atoms with Crippen molar-refractivity contribution in [2.24, 2.45) is 5.73 Å². The van der Waals surface area contributed by atoms with Gasteiger partial charge in [-0.1, -0.05) is 19.1 Å². The molecular formula is C14H21NO3. The lowest BCUT2D eigenvalue weighted by Gasteiger charge is -2.19. The number of benzene rings is 1. The molecule has 1 aromatic rings. The highest BCUT2D eigenvalue weighted by molar-refractivity contribution is 5.77. The normalized spacial score (nSPS) is 14.0. The Balaban J connectivity index is 2.86. The van der Waals surface area contributed by atoms with Gasteiger partial charge in [0.1, 0.15) is 11.3 Å². The number of rotatable bonds is 6. The van der Waals surface area contributed by atoms with Crippen LogP contribution in [0.1, 0.15) is 31.4 Å². The predicted molar refractivity (Wildman–Crippen MR) is 70.9 cm³/mol. The lowest BCUT2D eigenvalue weighted by Crippen LogP contribution is -2.45. The Hall–Kier alpha value is -1.55. The van der Waals surface area contributed by atoms with E-state index in [-0.39, 0.29) is 0 Å². The molecule has 4 nitrogen and oxygen atoms in total. The van der Waals surface area contributed by atoms with Gasteiger partial charge in [-0.15, -0.1) is 0 Å². The molecule has 0 fully saturated rings. The third-order valence-corrected chi connectivity index (χ3v) is 3.16. The summed E-state index contributed by atoms with van der Waals surface area (Å²) in [6, 6.07) is 5.99. The summed E-state index contributed by atoms with van der Waals surface area (Å²) in [5.41, 5.74) is 6.75. The number of carbonyl (C=O) groups is 1. The van der Waals surface area contributed by atoms with Crippen molar-refractivity contribution < 1.29 is 14.6 Å². The molecule has 0 aliphatic rings. The van der Waals surface area contributed by atoms with E-state index in [9.17, 15) is 4.79 Å². The molecule has 0 amide bonds. The SMILES string of the molecule is CCc1ccc(OC)c(CCC(C)(N)C(=O)O)c1. The summed E-state index contributed by atoms with van der Waals surface area (Å²) in [5.74, 6) is -0.193. The maximum atomic E-state index is 11.0. The summed E-state index contributed by atoms with van der Waals surface area (Å²) in [4.78, 5) is 11.0. The van der Waals surface area contributed by atoms with E-state index in [0.717, 1.165) is 17.7 Å². The van der Waals surface area contributed by atoms with Crippen LogP contribution in [0.2, 0.25) is 0 Å². The third kappa shape index (κ3) is 3.47. The van der Waals surface area contributed by atoms with Gasteiger partial charge in [0, 0.05) is 0 Å². The molecule has 100 valence electrons. The molecule has 0 heterocycles. The first-order valence-electron chi connectivity index (χ1n) is 6.08. The number of carboxylic acid groups (broad SMARTS) is 1. The van der Waals surface area contributed by atoms with E-state index in [1.165, 1.54) is 12.5 Å². The Labute approximate surface area is 108 Å². The van der Waals surface area contributed by atoms with Crippen molar-refractivity contribution in [3.8, 4) is 5.75 Å². The first-order valence-corrected chi connectivity index (χ1v) is 6.08. The molecule has 3 N–H and O–H groups in total. The van der Waals surface area contributed by atoms with Gasteiger partial charge < -0.3 is 15.6 Å². The molecule has 1 atom stereocenters. The van der Waals surface area contributed by atoms with Gasteiger partial charge in [0.25, 0.3) is 0 Å². The first-order chi connectivity index (χ1) is 8.40. The van der Waals surface area contributed by atoms with Gasteiger partial charge >= 0.3 is 5.97 Å². The second-order valence-corrected chi connectivity index (χ2v) is 4.72. The lowest BCUT2D eigenvalue weighted by atomic mass is 9.93. The topological polar surface area (TPSA) is 72.5 Å². The number of hydrogen-bond acceptors (Lipinski definition) is 3. The molecule has 0 radical (unpaired) electrons. The number of hydrogen-bond donors (Lipinski definition) is 2. The molecule has 1 unspecified atom stereocenters.